The predicted octanol–water partition coefficient (Wildman–Crippen LogP) is 6.41. The minimum atomic E-state index is -2.43. The molecule has 0 bridgehead atoms. The summed E-state index contributed by atoms with van der Waals surface area (Å²) in [6.45, 7) is 12.6. The van der Waals surface area contributed by atoms with Crippen LogP contribution in [0.25, 0.3) is 0 Å². The maximum Gasteiger partial charge on any atom is 0.356 e. The molecule has 14 heteroatoms. The first-order valence-electron chi connectivity index (χ1n) is 16.2. The van der Waals surface area contributed by atoms with E-state index in [0.717, 1.165) is 12.2 Å². The Morgan fingerprint density at radius 2 is 1.40 bits per heavy atom. The van der Waals surface area contributed by atoms with Gasteiger partial charge in [-0.1, -0.05) is 6.92 Å². The van der Waals surface area contributed by atoms with E-state index in [1.165, 1.54) is 47.1 Å². The number of allylic oxidation sites excluding steroid dienone is 2. The van der Waals surface area contributed by atoms with Crippen molar-refractivity contribution in [3.8, 4) is 28.7 Å². The number of carbonyl (C=O) groups is 5. The number of rotatable bonds is 10. The van der Waals surface area contributed by atoms with Gasteiger partial charge in [0.2, 0.25) is 5.60 Å². The average Bonchev–Trinajstić information content (AvgIpc) is 3.09. The molecule has 0 aromatic heterocycles. The summed E-state index contributed by atoms with van der Waals surface area (Å²) >= 11 is 3.20. The number of aromatic hydroxyl groups is 1. The van der Waals surface area contributed by atoms with Crippen LogP contribution in [0.2, 0.25) is 0 Å². The summed E-state index contributed by atoms with van der Waals surface area (Å²) in [5.41, 5.74) is -0.0792. The molecular weight excluding hydrogens is 756 g/mol. The largest absolute Gasteiger partial charge is 0.506 e. The normalized spacial score (nSPS) is 15.3. The first kappa shape index (κ1) is 40.3. The number of methoxy groups -OCH3 is 2. The van der Waals surface area contributed by atoms with Gasteiger partial charge in [-0.2, -0.15) is 0 Å². The Hall–Kier alpha value is -5.47. The highest BCUT2D eigenvalue weighted by Gasteiger charge is 2.48. The zero-order valence-electron chi connectivity index (χ0n) is 30.8. The van der Waals surface area contributed by atoms with E-state index >= 15 is 0 Å². The lowest BCUT2D eigenvalue weighted by atomic mass is 9.87. The van der Waals surface area contributed by atoms with E-state index in [-0.39, 0.29) is 66.6 Å². The number of carbonyl (C=O) groups excluding carboxylic acids is 4. The number of halogens is 1. The number of esters is 3. The van der Waals surface area contributed by atoms with Gasteiger partial charge in [-0.3, -0.25) is 4.79 Å². The van der Waals surface area contributed by atoms with Crippen molar-refractivity contribution in [2.45, 2.75) is 67.4 Å². The molecule has 0 radical (unpaired) electrons. The van der Waals surface area contributed by atoms with Crippen molar-refractivity contribution >= 4 is 45.6 Å². The number of hydrogen-bond acceptors (Lipinski definition) is 12. The number of carboxylic acid groups (broad SMARTS) is 1. The van der Waals surface area contributed by atoms with E-state index in [0.29, 0.717) is 34.2 Å². The molecule has 53 heavy (non-hydrogen) atoms. The molecule has 0 saturated heterocycles. The van der Waals surface area contributed by atoms with Crippen molar-refractivity contribution < 1.29 is 63.0 Å². The minimum Gasteiger partial charge on any atom is -0.506 e. The van der Waals surface area contributed by atoms with Gasteiger partial charge >= 0.3 is 23.9 Å². The monoisotopic (exact) mass is 794 g/mol. The molecule has 280 valence electrons. The molecular formula is C39H39BrO13. The van der Waals surface area contributed by atoms with E-state index in [1.807, 2.05) is 6.92 Å². The van der Waals surface area contributed by atoms with E-state index in [1.54, 1.807) is 27.7 Å². The zero-order chi connectivity index (χ0) is 39.9. The van der Waals surface area contributed by atoms with Gasteiger partial charge < -0.3 is 39.0 Å². The number of hydrogen-bond donors (Lipinski definition) is 3. The maximum atomic E-state index is 13.6. The number of ketones is 1. The van der Waals surface area contributed by atoms with Crippen LogP contribution in [0.5, 0.6) is 28.7 Å². The molecule has 3 N–H and O–H groups in total. The summed E-state index contributed by atoms with van der Waals surface area (Å²) in [6, 6.07) is 2.95. The van der Waals surface area contributed by atoms with Crippen molar-refractivity contribution in [3.63, 3.8) is 0 Å². The van der Waals surface area contributed by atoms with Gasteiger partial charge in [0.05, 0.1) is 19.8 Å². The van der Waals surface area contributed by atoms with Crippen molar-refractivity contribution in [2.75, 3.05) is 14.2 Å². The Bertz CT molecular complexity index is 2150. The predicted molar refractivity (Wildman–Crippen MR) is 194 cm³/mol. The SMILES string of the molecule is CCc1c(C)c(C(=O)O)c(OC)c(C)c1OC(=O)c1cc(C)c(OC(=O)c2c(C)c(C)c(OC(=O)[C@@]3(O)C(C)=CC(=O)C=C3OC)c(Br)c2O)cc1C. The number of ether oxygens (including phenoxy) is 5. The molecule has 0 spiro atoms. The van der Waals surface area contributed by atoms with Gasteiger partial charge in [-0.15, -0.1) is 0 Å². The summed E-state index contributed by atoms with van der Waals surface area (Å²) in [4.78, 5) is 64.4. The second-order valence-electron chi connectivity index (χ2n) is 12.5. The number of aryl methyl sites for hydroxylation is 2. The van der Waals surface area contributed by atoms with Crippen LogP contribution in [0.15, 0.2) is 40.1 Å². The fraction of sp³-hybridized carbons (Fsp3) is 0.308. The highest BCUT2D eigenvalue weighted by molar-refractivity contribution is 9.10. The molecule has 0 amide bonds. The van der Waals surface area contributed by atoms with Crippen LogP contribution in [-0.2, 0) is 20.7 Å². The summed E-state index contributed by atoms with van der Waals surface area (Å²) in [7, 11) is 2.52. The van der Waals surface area contributed by atoms with Crippen molar-refractivity contribution in [1.29, 1.82) is 0 Å². The van der Waals surface area contributed by atoms with Gasteiger partial charge in [0.25, 0.3) is 0 Å². The second kappa shape index (κ2) is 15.2. The van der Waals surface area contributed by atoms with Crippen molar-refractivity contribution in [2.24, 2.45) is 0 Å². The van der Waals surface area contributed by atoms with Crippen LogP contribution < -0.4 is 18.9 Å². The fourth-order valence-electron chi connectivity index (χ4n) is 6.21. The quantitative estimate of drug-likeness (QED) is 0.151. The van der Waals surface area contributed by atoms with Crippen LogP contribution >= 0.6 is 15.9 Å². The number of carboxylic acids is 1. The Labute approximate surface area is 313 Å². The third-order valence-corrected chi connectivity index (χ3v) is 10.1. The standard InChI is InChI=1S/C39H39BrO13/c1-11-24-21(7)29(35(43)44)33(50-10)22(8)32(24)52-36(45)25-12-17(3)26(13-16(25)2)51-37(46)28-19(5)20(6)34(30(40)31(28)42)53-38(47)39(48)18(4)14-23(41)15-27(39)49-9/h12-15,42,48H,11H2,1-10H3,(H,43,44)/t39-/m1/s1. The molecule has 1 atom stereocenters. The molecule has 0 unspecified atom stereocenters. The van der Waals surface area contributed by atoms with Gasteiger partial charge in [0.1, 0.15) is 44.4 Å². The lowest BCUT2D eigenvalue weighted by Crippen LogP contribution is -2.47. The van der Waals surface area contributed by atoms with E-state index < -0.39 is 41.0 Å². The molecule has 0 saturated carbocycles. The van der Waals surface area contributed by atoms with E-state index in [9.17, 15) is 39.3 Å². The number of phenolic OH excluding ortho intramolecular Hbond substituents is 1. The molecule has 0 heterocycles. The number of aromatic carboxylic acids is 1. The Morgan fingerprint density at radius 3 is 1.96 bits per heavy atom. The minimum absolute atomic E-state index is 0.0127. The molecule has 13 nitrogen and oxygen atoms in total. The highest BCUT2D eigenvalue weighted by atomic mass is 79.9. The van der Waals surface area contributed by atoms with Crippen LogP contribution in [0.3, 0.4) is 0 Å². The molecule has 1 aliphatic rings. The number of benzene rings is 3. The van der Waals surface area contributed by atoms with Gasteiger partial charge in [0, 0.05) is 11.6 Å². The molecule has 3 aromatic rings. The summed E-state index contributed by atoms with van der Waals surface area (Å²) in [5, 5.41) is 32.2. The highest BCUT2D eigenvalue weighted by Crippen LogP contribution is 2.44. The summed E-state index contributed by atoms with van der Waals surface area (Å²) in [6.07, 6.45) is 2.40. The first-order chi connectivity index (χ1) is 24.8. The topological polar surface area (TPSA) is 192 Å². The molecule has 3 aromatic carbocycles. The zero-order valence-corrected chi connectivity index (χ0v) is 32.4. The maximum absolute atomic E-state index is 13.6. The van der Waals surface area contributed by atoms with Crippen molar-refractivity contribution in [1.82, 2.24) is 0 Å². The average molecular weight is 796 g/mol. The summed E-state index contributed by atoms with van der Waals surface area (Å²) < 4.78 is 27.4. The molecule has 4 rings (SSSR count). The molecule has 0 fully saturated rings. The Balaban J connectivity index is 1.64. The second-order valence-corrected chi connectivity index (χ2v) is 13.3. The van der Waals surface area contributed by atoms with Crippen LogP contribution in [0, 0.1) is 41.5 Å². The van der Waals surface area contributed by atoms with Gasteiger partial charge in [0.15, 0.2) is 11.5 Å². The lowest BCUT2D eigenvalue weighted by molar-refractivity contribution is -0.151. The van der Waals surface area contributed by atoms with Crippen molar-refractivity contribution in [3.05, 3.63) is 95.7 Å². The Morgan fingerprint density at radius 1 is 0.755 bits per heavy atom. The first-order valence-corrected chi connectivity index (χ1v) is 17.0. The Kier molecular flexibility index (Phi) is 11.6. The van der Waals surface area contributed by atoms with Crippen LogP contribution in [-0.4, -0.2) is 64.8 Å². The van der Waals surface area contributed by atoms with Crippen LogP contribution in [0.4, 0.5) is 0 Å². The number of aliphatic hydroxyl groups is 1. The van der Waals surface area contributed by atoms with E-state index in [4.69, 9.17) is 23.7 Å². The third-order valence-electron chi connectivity index (χ3n) is 9.32. The van der Waals surface area contributed by atoms with Gasteiger partial charge in [-0.05, 0) is 128 Å². The van der Waals surface area contributed by atoms with E-state index in [2.05, 4.69) is 15.9 Å². The van der Waals surface area contributed by atoms with Crippen LogP contribution in [0.1, 0.15) is 83.9 Å². The molecule has 0 aliphatic heterocycles. The fourth-order valence-corrected chi connectivity index (χ4v) is 6.79. The third kappa shape index (κ3) is 7.03. The smallest absolute Gasteiger partial charge is 0.356 e. The lowest BCUT2D eigenvalue weighted by Gasteiger charge is -2.30. The summed E-state index contributed by atoms with van der Waals surface area (Å²) in [5.74, 6) is -5.38. The molecule has 1 aliphatic carbocycles. The van der Waals surface area contributed by atoms with Gasteiger partial charge in [-0.25, -0.2) is 19.2 Å². The number of phenols is 1.